The fourth-order valence-electron chi connectivity index (χ4n) is 3.63. The lowest BCUT2D eigenvalue weighted by Crippen LogP contribution is -2.52. The quantitative estimate of drug-likeness (QED) is 0.782. The molecule has 3 rings (SSSR count). The molecule has 25 heavy (non-hydrogen) atoms. The van der Waals surface area contributed by atoms with Gasteiger partial charge in [-0.15, -0.1) is 0 Å². The van der Waals surface area contributed by atoms with Gasteiger partial charge in [-0.2, -0.15) is 0 Å². The first-order valence-corrected chi connectivity index (χ1v) is 8.90. The van der Waals surface area contributed by atoms with Crippen LogP contribution in [-0.4, -0.2) is 95.6 Å². The number of hydrogen-bond acceptors (Lipinski definition) is 6. The molecule has 3 heterocycles. The molecule has 2 aliphatic rings. The van der Waals surface area contributed by atoms with E-state index >= 15 is 0 Å². The number of aromatic nitrogens is 2. The smallest absolute Gasteiger partial charge is 0.274 e. The van der Waals surface area contributed by atoms with E-state index in [0.29, 0.717) is 24.8 Å². The van der Waals surface area contributed by atoms with Crippen molar-refractivity contribution in [3.63, 3.8) is 0 Å². The van der Waals surface area contributed by atoms with Gasteiger partial charge in [-0.25, -0.2) is 4.98 Å². The second-order valence-electron chi connectivity index (χ2n) is 6.87. The van der Waals surface area contributed by atoms with Gasteiger partial charge >= 0.3 is 0 Å². The Labute approximate surface area is 147 Å². The van der Waals surface area contributed by atoms with Gasteiger partial charge in [0.15, 0.2) is 0 Å². The summed E-state index contributed by atoms with van der Waals surface area (Å²) in [5.74, 6) is -0.113. The number of ether oxygens (including phenoxy) is 1. The second-order valence-corrected chi connectivity index (χ2v) is 6.87. The minimum atomic E-state index is -0.296. The summed E-state index contributed by atoms with van der Waals surface area (Å²) in [5.41, 5.74) is 0.00333. The van der Waals surface area contributed by atoms with Crippen molar-refractivity contribution in [2.75, 3.05) is 52.9 Å². The van der Waals surface area contributed by atoms with E-state index in [4.69, 9.17) is 4.74 Å². The summed E-state index contributed by atoms with van der Waals surface area (Å²) in [5, 5.41) is 0. The van der Waals surface area contributed by atoms with Crippen LogP contribution in [0, 0.1) is 0 Å². The number of rotatable bonds is 5. The molecule has 138 valence electrons. The highest BCUT2D eigenvalue weighted by molar-refractivity contribution is 5.92. The first-order chi connectivity index (χ1) is 12.1. The molecule has 2 fully saturated rings. The average Bonchev–Trinajstić information content (AvgIpc) is 3.10. The van der Waals surface area contributed by atoms with Crippen LogP contribution in [-0.2, 0) is 4.74 Å². The zero-order valence-electron chi connectivity index (χ0n) is 15.0. The van der Waals surface area contributed by atoms with Gasteiger partial charge in [0.1, 0.15) is 5.69 Å². The maximum absolute atomic E-state index is 12.4. The number of H-pyrrole nitrogens is 1. The molecule has 0 radical (unpaired) electrons. The van der Waals surface area contributed by atoms with Crippen LogP contribution in [0.15, 0.2) is 17.2 Å². The highest BCUT2D eigenvalue weighted by Crippen LogP contribution is 2.18. The molecule has 1 aromatic heterocycles. The van der Waals surface area contributed by atoms with Crippen LogP contribution in [0.1, 0.15) is 23.8 Å². The fraction of sp³-hybridized carbons (Fsp3) is 0.706. The van der Waals surface area contributed by atoms with Crippen LogP contribution >= 0.6 is 0 Å². The Morgan fingerprint density at radius 1 is 1.36 bits per heavy atom. The lowest BCUT2D eigenvalue weighted by Gasteiger charge is -2.38. The van der Waals surface area contributed by atoms with Crippen molar-refractivity contribution < 1.29 is 9.53 Å². The Morgan fingerprint density at radius 2 is 2.12 bits per heavy atom. The van der Waals surface area contributed by atoms with Crippen molar-refractivity contribution in [1.29, 1.82) is 0 Å². The van der Waals surface area contributed by atoms with Crippen molar-refractivity contribution >= 4 is 5.91 Å². The molecule has 8 nitrogen and oxygen atoms in total. The minimum absolute atomic E-state index is 0.113. The molecule has 2 unspecified atom stereocenters. The van der Waals surface area contributed by atoms with E-state index in [0.717, 1.165) is 38.9 Å². The number of nitrogens with zero attached hydrogens (tertiary/aromatic N) is 4. The predicted molar refractivity (Wildman–Crippen MR) is 93.7 cm³/mol. The molecule has 0 aromatic carbocycles. The van der Waals surface area contributed by atoms with Gasteiger partial charge in [0.05, 0.1) is 12.3 Å². The van der Waals surface area contributed by atoms with Crippen molar-refractivity contribution in [2.45, 2.75) is 25.5 Å². The van der Waals surface area contributed by atoms with E-state index in [1.165, 1.54) is 12.6 Å². The number of piperazine rings is 1. The molecule has 1 amide bonds. The molecule has 1 N–H and O–H groups in total. The Kier molecular flexibility index (Phi) is 5.82. The van der Waals surface area contributed by atoms with Crippen LogP contribution in [0.25, 0.3) is 0 Å². The average molecular weight is 349 g/mol. The van der Waals surface area contributed by atoms with Crippen molar-refractivity contribution in [1.82, 2.24) is 24.7 Å². The lowest BCUT2D eigenvalue weighted by atomic mass is 10.2. The number of aromatic amines is 1. The summed E-state index contributed by atoms with van der Waals surface area (Å²) in [6.07, 6.45) is 3.98. The third-order valence-electron chi connectivity index (χ3n) is 5.17. The van der Waals surface area contributed by atoms with Crippen molar-refractivity contribution in [3.8, 4) is 0 Å². The van der Waals surface area contributed by atoms with Gasteiger partial charge in [-0.05, 0) is 19.9 Å². The molecule has 2 atom stereocenters. The number of carbonyl (C=O) groups is 1. The number of hydrogen-bond donors (Lipinski definition) is 1. The van der Waals surface area contributed by atoms with Crippen LogP contribution in [0.2, 0.25) is 0 Å². The number of methoxy groups -OCH3 is 1. The minimum Gasteiger partial charge on any atom is -0.380 e. The van der Waals surface area contributed by atoms with E-state index in [-0.39, 0.29) is 17.6 Å². The molecule has 0 bridgehead atoms. The number of amides is 1. The second kappa shape index (κ2) is 8.07. The molecule has 0 saturated carbocycles. The fourth-order valence-corrected chi connectivity index (χ4v) is 3.63. The normalized spacial score (nSPS) is 23.8. The maximum atomic E-state index is 12.4. The molecule has 1 aromatic rings. The van der Waals surface area contributed by atoms with Crippen LogP contribution < -0.4 is 5.56 Å². The monoisotopic (exact) mass is 349 g/mol. The zero-order valence-corrected chi connectivity index (χ0v) is 15.0. The first kappa shape index (κ1) is 18.0. The Balaban J connectivity index is 1.48. The van der Waals surface area contributed by atoms with Gasteiger partial charge in [0.2, 0.25) is 0 Å². The lowest BCUT2D eigenvalue weighted by molar-refractivity contribution is 0.0547. The third kappa shape index (κ3) is 4.45. The van der Waals surface area contributed by atoms with E-state index < -0.39 is 0 Å². The van der Waals surface area contributed by atoms with Crippen LogP contribution in [0.3, 0.4) is 0 Å². The summed E-state index contributed by atoms with van der Waals surface area (Å²) >= 11 is 0. The molecular weight excluding hydrogens is 322 g/mol. The molecule has 0 aliphatic carbocycles. The Hall–Kier alpha value is -1.77. The van der Waals surface area contributed by atoms with Gasteiger partial charge in [0.25, 0.3) is 11.5 Å². The Bertz CT molecular complexity index is 621. The summed E-state index contributed by atoms with van der Waals surface area (Å²) in [6.45, 7) is 8.42. The first-order valence-electron chi connectivity index (χ1n) is 8.90. The summed E-state index contributed by atoms with van der Waals surface area (Å²) in [4.78, 5) is 36.7. The van der Waals surface area contributed by atoms with E-state index in [2.05, 4.69) is 26.7 Å². The van der Waals surface area contributed by atoms with Crippen molar-refractivity contribution in [2.24, 2.45) is 0 Å². The predicted octanol–water partition coefficient (Wildman–Crippen LogP) is -0.363. The van der Waals surface area contributed by atoms with Crippen molar-refractivity contribution in [3.05, 3.63) is 28.4 Å². The van der Waals surface area contributed by atoms with Gasteiger partial charge in [-0.3, -0.25) is 19.4 Å². The third-order valence-corrected chi connectivity index (χ3v) is 5.17. The summed E-state index contributed by atoms with van der Waals surface area (Å²) in [6, 6.07) is 0.563. The number of carbonyl (C=O) groups excluding carboxylic acids is 1. The molecule has 8 heteroatoms. The molecular formula is C17H27N5O3. The van der Waals surface area contributed by atoms with E-state index in [1.54, 1.807) is 7.11 Å². The summed E-state index contributed by atoms with van der Waals surface area (Å²) < 4.78 is 5.36. The summed E-state index contributed by atoms with van der Waals surface area (Å²) in [7, 11) is 1.76. The number of likely N-dealkylation sites (tertiary alicyclic amines) is 1. The van der Waals surface area contributed by atoms with Crippen LogP contribution in [0.5, 0.6) is 0 Å². The maximum Gasteiger partial charge on any atom is 0.274 e. The molecule has 2 aliphatic heterocycles. The highest BCUT2D eigenvalue weighted by Gasteiger charge is 2.31. The highest BCUT2D eigenvalue weighted by atomic mass is 16.5. The SMILES string of the molecule is COC(C)CN1CCC(N2CCN(C(=O)c3c[nH]c(=O)cn3)CC2)C1. The molecule has 2 saturated heterocycles. The largest absolute Gasteiger partial charge is 0.380 e. The molecule has 0 spiro atoms. The topological polar surface area (TPSA) is 81.8 Å². The number of nitrogens with one attached hydrogen (secondary N) is 1. The van der Waals surface area contributed by atoms with Gasteiger partial charge < -0.3 is 14.6 Å². The van der Waals surface area contributed by atoms with Crippen LogP contribution in [0.4, 0.5) is 0 Å². The zero-order chi connectivity index (χ0) is 17.8. The van der Waals surface area contributed by atoms with E-state index in [9.17, 15) is 9.59 Å². The Morgan fingerprint density at radius 3 is 2.76 bits per heavy atom. The standard InChI is InChI=1S/C17H27N5O3/c1-13(25-2)11-20-4-3-14(12-20)21-5-7-22(8-6-21)17(24)15-9-19-16(23)10-18-15/h9-10,13-14H,3-8,11-12H2,1-2H3,(H,19,23). The van der Waals surface area contributed by atoms with Gasteiger partial charge in [0, 0.05) is 58.6 Å². The van der Waals surface area contributed by atoms with E-state index in [1.807, 2.05) is 4.90 Å². The van der Waals surface area contributed by atoms with Gasteiger partial charge in [-0.1, -0.05) is 0 Å².